The Balaban J connectivity index is 1.92. The van der Waals surface area contributed by atoms with Gasteiger partial charge >= 0.3 is 0 Å². The van der Waals surface area contributed by atoms with Crippen LogP contribution in [0.4, 0.5) is 0 Å². The van der Waals surface area contributed by atoms with Crippen molar-refractivity contribution in [2.45, 2.75) is 25.6 Å². The number of aliphatic hydroxyl groups is 1. The number of hydrogen-bond acceptors (Lipinski definition) is 3. The number of benzene rings is 2. The molecule has 6 rings (SSSR count). The molecule has 4 aromatic rings. The predicted molar refractivity (Wildman–Crippen MR) is 122 cm³/mol. The summed E-state index contributed by atoms with van der Waals surface area (Å²) in [5.41, 5.74) is 5.77. The van der Waals surface area contributed by atoms with Gasteiger partial charge in [-0.15, -0.1) is 11.6 Å². The molecule has 156 valence electrons. The number of Topliss-reactive ketones (excluding diaryl/α,β-unsaturated/α-hetero) is 1. The van der Waals surface area contributed by atoms with Gasteiger partial charge in [0.15, 0.2) is 5.78 Å². The lowest BCUT2D eigenvalue weighted by molar-refractivity contribution is 0.0963. The van der Waals surface area contributed by atoms with Crippen LogP contribution in [-0.4, -0.2) is 37.9 Å². The van der Waals surface area contributed by atoms with Crippen LogP contribution in [0.2, 0.25) is 0 Å². The van der Waals surface area contributed by atoms with Crippen molar-refractivity contribution in [3.63, 3.8) is 0 Å². The van der Waals surface area contributed by atoms with E-state index in [0.717, 1.165) is 43.8 Å². The lowest BCUT2D eigenvalue weighted by atomic mass is 9.94. The first-order valence-corrected chi connectivity index (χ1v) is 10.9. The third kappa shape index (κ3) is 2.32. The van der Waals surface area contributed by atoms with Crippen molar-refractivity contribution in [2.75, 3.05) is 5.88 Å². The molecular weight excluding hydrogens is 414 g/mol. The van der Waals surface area contributed by atoms with Crippen molar-refractivity contribution < 1.29 is 14.7 Å². The van der Waals surface area contributed by atoms with Gasteiger partial charge in [0.05, 0.1) is 40.8 Å². The molecule has 0 radical (unpaired) electrons. The Kier molecular flexibility index (Phi) is 3.88. The molecule has 0 spiro atoms. The maximum atomic E-state index is 13.0. The van der Waals surface area contributed by atoms with Crippen LogP contribution in [-0.2, 0) is 20.1 Å². The number of carbonyl (C=O) groups excluding carboxylic acids is 2. The van der Waals surface area contributed by atoms with Gasteiger partial charge in [-0.05, 0) is 11.6 Å². The molecule has 0 fully saturated rings. The lowest BCUT2D eigenvalue weighted by Gasteiger charge is -2.14. The third-order valence-electron chi connectivity index (χ3n) is 6.56. The Morgan fingerprint density at radius 1 is 1.19 bits per heavy atom. The van der Waals surface area contributed by atoms with E-state index in [9.17, 15) is 14.7 Å². The number of aryl methyl sites for hydroxylation is 1. The fourth-order valence-corrected chi connectivity index (χ4v) is 5.48. The Morgan fingerprint density at radius 3 is 2.81 bits per heavy atom. The lowest BCUT2D eigenvalue weighted by Crippen LogP contribution is -2.17. The second kappa shape index (κ2) is 6.45. The van der Waals surface area contributed by atoms with Crippen molar-refractivity contribution >= 4 is 62.1 Å². The Hall–Kier alpha value is -3.09. The number of aliphatic hydroxyl groups excluding tert-OH is 1. The van der Waals surface area contributed by atoms with Gasteiger partial charge in [-0.1, -0.05) is 30.4 Å². The number of carbonyl (C=O) groups is 2. The first-order chi connectivity index (χ1) is 15.0. The smallest absolute Gasteiger partial charge is 0.252 e. The number of hydrogen-bond donors (Lipinski definition) is 2. The monoisotopic (exact) mass is 433 g/mol. The second-order valence-corrected chi connectivity index (χ2v) is 8.58. The Morgan fingerprint density at radius 2 is 2.00 bits per heavy atom. The molecule has 3 heterocycles. The van der Waals surface area contributed by atoms with E-state index in [0.29, 0.717) is 30.8 Å². The standard InChI is InChI=1S/C24H20ClN3O3/c1-27-21-14(6-4-8-17(21)30)19-20-15(10-26-24(20)31)18-13-5-2-3-7-16(13)28(11-12(29)9-25)23(18)22(19)27/h2-7,12,29H,8-11H2,1H3,(H,26,31). The minimum absolute atomic E-state index is 0.0416. The molecule has 31 heavy (non-hydrogen) atoms. The zero-order valence-corrected chi connectivity index (χ0v) is 17.7. The highest BCUT2D eigenvalue weighted by atomic mass is 35.5. The van der Waals surface area contributed by atoms with Crippen molar-refractivity contribution in [1.82, 2.24) is 14.5 Å². The number of fused-ring (bicyclic) bond motifs is 10. The average molecular weight is 434 g/mol. The van der Waals surface area contributed by atoms with E-state index in [1.165, 1.54) is 0 Å². The fraction of sp³-hybridized carbons (Fsp3) is 0.250. The van der Waals surface area contributed by atoms with Crippen LogP contribution in [0.1, 0.15) is 38.4 Å². The van der Waals surface area contributed by atoms with Crippen molar-refractivity contribution in [2.24, 2.45) is 7.05 Å². The summed E-state index contributed by atoms with van der Waals surface area (Å²) in [7, 11) is 1.89. The number of ketones is 1. The van der Waals surface area contributed by atoms with Crippen LogP contribution < -0.4 is 5.32 Å². The minimum Gasteiger partial charge on any atom is -0.390 e. The summed E-state index contributed by atoms with van der Waals surface area (Å²) < 4.78 is 4.01. The summed E-state index contributed by atoms with van der Waals surface area (Å²) in [4.78, 5) is 25.8. The van der Waals surface area contributed by atoms with Gasteiger partial charge in [-0.25, -0.2) is 0 Å². The van der Waals surface area contributed by atoms with Gasteiger partial charge in [0, 0.05) is 47.3 Å². The van der Waals surface area contributed by atoms with E-state index in [2.05, 4.69) is 9.88 Å². The van der Waals surface area contributed by atoms with Gasteiger partial charge in [0.25, 0.3) is 5.91 Å². The van der Waals surface area contributed by atoms with Gasteiger partial charge in [-0.3, -0.25) is 9.59 Å². The molecule has 2 aromatic heterocycles. The predicted octanol–water partition coefficient (Wildman–Crippen LogP) is 3.73. The van der Waals surface area contributed by atoms with E-state index in [1.54, 1.807) is 0 Å². The summed E-state index contributed by atoms with van der Waals surface area (Å²) in [5.74, 6) is 0.0480. The molecule has 1 amide bonds. The molecule has 7 heteroatoms. The molecule has 1 atom stereocenters. The first kappa shape index (κ1) is 18.7. The van der Waals surface area contributed by atoms with Crippen LogP contribution in [0.5, 0.6) is 0 Å². The number of alkyl halides is 1. The largest absolute Gasteiger partial charge is 0.390 e. The summed E-state index contributed by atoms with van der Waals surface area (Å²) in [5, 5.41) is 16.2. The van der Waals surface area contributed by atoms with Gasteiger partial charge < -0.3 is 19.6 Å². The summed E-state index contributed by atoms with van der Waals surface area (Å²) >= 11 is 5.96. The quantitative estimate of drug-likeness (QED) is 0.483. The maximum absolute atomic E-state index is 13.0. The molecule has 0 saturated carbocycles. The highest BCUT2D eigenvalue weighted by Gasteiger charge is 2.34. The van der Waals surface area contributed by atoms with Crippen LogP contribution in [0.25, 0.3) is 38.8 Å². The van der Waals surface area contributed by atoms with E-state index >= 15 is 0 Å². The number of allylic oxidation sites excluding steroid dienone is 1. The number of para-hydroxylation sites is 1. The van der Waals surface area contributed by atoms with E-state index in [-0.39, 0.29) is 17.6 Å². The van der Waals surface area contributed by atoms with Crippen LogP contribution in [0, 0.1) is 0 Å². The number of amides is 1. The van der Waals surface area contributed by atoms with Gasteiger partial charge in [-0.2, -0.15) is 0 Å². The number of rotatable bonds is 3. The summed E-state index contributed by atoms with van der Waals surface area (Å²) in [6.45, 7) is 0.760. The molecule has 1 unspecified atom stereocenters. The van der Waals surface area contributed by atoms with Crippen LogP contribution >= 0.6 is 11.6 Å². The SMILES string of the molecule is Cn1c2c(c3c4c(c5c6ccccc6n(CC(O)CCl)c5c31)CNC4=O)C=CCC2=O. The number of halogens is 1. The van der Waals surface area contributed by atoms with Crippen LogP contribution in [0.3, 0.4) is 0 Å². The topological polar surface area (TPSA) is 76.3 Å². The van der Waals surface area contributed by atoms with Gasteiger partial charge in [0.1, 0.15) is 0 Å². The molecule has 1 aliphatic carbocycles. The van der Waals surface area contributed by atoms with E-state index < -0.39 is 6.10 Å². The van der Waals surface area contributed by atoms with Crippen molar-refractivity contribution in [1.29, 1.82) is 0 Å². The molecule has 2 aromatic carbocycles. The zero-order chi connectivity index (χ0) is 21.4. The first-order valence-electron chi connectivity index (χ1n) is 10.3. The summed E-state index contributed by atoms with van der Waals surface area (Å²) in [6.07, 6.45) is 3.44. The molecule has 0 saturated heterocycles. The molecule has 6 nitrogen and oxygen atoms in total. The Labute approximate surface area is 182 Å². The zero-order valence-electron chi connectivity index (χ0n) is 16.9. The van der Waals surface area contributed by atoms with Gasteiger partial charge in [0.2, 0.25) is 0 Å². The second-order valence-electron chi connectivity index (χ2n) is 8.27. The highest BCUT2D eigenvalue weighted by molar-refractivity contribution is 6.28. The maximum Gasteiger partial charge on any atom is 0.252 e. The summed E-state index contributed by atoms with van der Waals surface area (Å²) in [6, 6.07) is 8.01. The Bertz CT molecular complexity index is 1490. The number of nitrogens with zero attached hydrogens (tertiary/aromatic N) is 2. The van der Waals surface area contributed by atoms with Crippen molar-refractivity contribution in [3.8, 4) is 0 Å². The molecular formula is C24H20ClN3O3. The normalized spacial score (nSPS) is 16.4. The van der Waals surface area contributed by atoms with Crippen molar-refractivity contribution in [3.05, 3.63) is 52.7 Å². The van der Waals surface area contributed by atoms with E-state index in [1.807, 2.05) is 48.0 Å². The molecule has 2 aliphatic rings. The minimum atomic E-state index is -0.722. The molecule has 2 N–H and O–H groups in total. The molecule has 1 aliphatic heterocycles. The highest BCUT2D eigenvalue weighted by Crippen LogP contribution is 2.45. The molecule has 0 bridgehead atoms. The third-order valence-corrected chi connectivity index (χ3v) is 6.91. The van der Waals surface area contributed by atoms with E-state index in [4.69, 9.17) is 11.6 Å². The fourth-order valence-electron chi connectivity index (χ4n) is 5.38. The average Bonchev–Trinajstić information content (AvgIpc) is 3.40. The number of nitrogens with one attached hydrogen (secondary N) is 1. The number of aromatic nitrogens is 2. The van der Waals surface area contributed by atoms with Crippen LogP contribution in [0.15, 0.2) is 30.3 Å².